The number of fused-ring (bicyclic) bond motifs is 1. The zero-order chi connectivity index (χ0) is 29.4. The molecule has 11 nitrogen and oxygen atoms in total. The average molecular weight is 569 g/mol. The van der Waals surface area contributed by atoms with E-state index >= 15 is 0 Å². The summed E-state index contributed by atoms with van der Waals surface area (Å²) < 4.78 is 13.2. The summed E-state index contributed by atoms with van der Waals surface area (Å²) in [6.45, 7) is 10.9. The third-order valence-electron chi connectivity index (χ3n) is 7.44. The van der Waals surface area contributed by atoms with Crippen LogP contribution in [0.2, 0.25) is 0 Å². The number of ether oxygens (including phenoxy) is 2. The van der Waals surface area contributed by atoms with Crippen LogP contribution in [0.15, 0.2) is 48.8 Å². The molecular weight excluding hydrogens is 532 g/mol. The van der Waals surface area contributed by atoms with Crippen molar-refractivity contribution < 1.29 is 14.3 Å². The van der Waals surface area contributed by atoms with Crippen LogP contribution in [0.4, 0.5) is 10.6 Å². The molecule has 2 aliphatic rings. The Labute approximate surface area is 245 Å². The third kappa shape index (κ3) is 5.56. The molecule has 1 atom stereocenters. The van der Waals surface area contributed by atoms with Gasteiger partial charge in [0.1, 0.15) is 17.1 Å². The van der Waals surface area contributed by atoms with Gasteiger partial charge < -0.3 is 23.8 Å². The fraction of sp³-hybridized carbons (Fsp3) is 0.419. The number of aryl methyl sites for hydroxylation is 1. The Hall–Kier alpha value is -4.38. The molecule has 4 aromatic heterocycles. The van der Waals surface area contributed by atoms with Gasteiger partial charge in [0.05, 0.1) is 24.9 Å². The highest BCUT2D eigenvalue weighted by molar-refractivity contribution is 5.88. The van der Waals surface area contributed by atoms with Crippen molar-refractivity contribution in [3.8, 4) is 22.9 Å². The molecule has 0 aliphatic carbocycles. The number of morpholine rings is 1. The SMILES string of the molecule is CC1C=C(c2cccc(-c3nc(N4CCOCC4)c4nc(-c5ccncc5)n(C)c4n3)n2)CCN1C(=O)OC(C)(C)C. The van der Waals surface area contributed by atoms with Crippen LogP contribution in [0.5, 0.6) is 0 Å². The predicted octanol–water partition coefficient (Wildman–Crippen LogP) is 4.74. The van der Waals surface area contributed by atoms with E-state index in [2.05, 4.69) is 16.0 Å². The zero-order valence-electron chi connectivity index (χ0n) is 24.7. The molecule has 2 aliphatic heterocycles. The first kappa shape index (κ1) is 27.8. The lowest BCUT2D eigenvalue weighted by molar-refractivity contribution is 0.0209. The van der Waals surface area contributed by atoms with Gasteiger partial charge in [-0.3, -0.25) is 4.98 Å². The molecule has 6 heterocycles. The van der Waals surface area contributed by atoms with Gasteiger partial charge in [-0.1, -0.05) is 12.1 Å². The molecule has 0 aromatic carbocycles. The standard InChI is InChI=1S/C31H36N8O3/c1-20-19-22(11-14-39(20)30(40)42-31(2,3)4)23-7-6-8-24(33-23)26-35-28-25(29(36-26)38-15-17-41-18-16-38)34-27(37(28)5)21-9-12-32-13-10-21/h6-10,12-13,19-20H,11,14-18H2,1-5H3. The van der Waals surface area contributed by atoms with Crippen molar-refractivity contribution in [3.05, 3.63) is 54.5 Å². The number of anilines is 1. The number of pyridine rings is 2. The minimum Gasteiger partial charge on any atom is -0.444 e. The van der Waals surface area contributed by atoms with Crippen LogP contribution in [0.3, 0.4) is 0 Å². The highest BCUT2D eigenvalue weighted by Crippen LogP contribution is 2.32. The van der Waals surface area contributed by atoms with E-state index in [0.717, 1.165) is 52.7 Å². The molecule has 42 heavy (non-hydrogen) atoms. The fourth-order valence-corrected chi connectivity index (χ4v) is 5.35. The molecule has 0 saturated carbocycles. The second kappa shape index (κ2) is 11.1. The molecule has 0 bridgehead atoms. The topological polar surface area (TPSA) is 111 Å². The summed E-state index contributed by atoms with van der Waals surface area (Å²) in [6, 6.07) is 9.69. The minimum atomic E-state index is -0.537. The van der Waals surface area contributed by atoms with E-state index < -0.39 is 5.60 Å². The summed E-state index contributed by atoms with van der Waals surface area (Å²) in [4.78, 5) is 40.8. The normalized spacial score (nSPS) is 17.8. The van der Waals surface area contributed by atoms with Crippen LogP contribution >= 0.6 is 0 Å². The van der Waals surface area contributed by atoms with E-state index in [0.29, 0.717) is 37.7 Å². The number of nitrogens with zero attached hydrogens (tertiary/aromatic N) is 8. The van der Waals surface area contributed by atoms with Crippen molar-refractivity contribution in [1.82, 2.24) is 34.4 Å². The van der Waals surface area contributed by atoms with Gasteiger partial charge in [0.25, 0.3) is 0 Å². The quantitative estimate of drug-likeness (QED) is 0.345. The first-order valence-electron chi connectivity index (χ1n) is 14.3. The lowest BCUT2D eigenvalue weighted by Crippen LogP contribution is -2.43. The Morgan fingerprint density at radius 2 is 1.71 bits per heavy atom. The van der Waals surface area contributed by atoms with E-state index in [1.165, 1.54) is 0 Å². The number of carbonyl (C=O) groups excluding carboxylic acids is 1. The second-order valence-corrected chi connectivity index (χ2v) is 11.6. The maximum Gasteiger partial charge on any atom is 0.410 e. The van der Waals surface area contributed by atoms with Crippen LogP contribution < -0.4 is 4.90 Å². The summed E-state index contributed by atoms with van der Waals surface area (Å²) in [5, 5.41) is 0. The highest BCUT2D eigenvalue weighted by atomic mass is 16.6. The number of rotatable bonds is 4. The summed E-state index contributed by atoms with van der Waals surface area (Å²) >= 11 is 0. The molecule has 218 valence electrons. The van der Waals surface area contributed by atoms with Crippen LogP contribution in [0.25, 0.3) is 39.6 Å². The van der Waals surface area contributed by atoms with E-state index in [1.54, 1.807) is 17.3 Å². The van der Waals surface area contributed by atoms with Gasteiger partial charge in [0.15, 0.2) is 22.8 Å². The zero-order valence-corrected chi connectivity index (χ0v) is 24.7. The molecule has 0 spiro atoms. The number of amides is 1. The smallest absolute Gasteiger partial charge is 0.410 e. The van der Waals surface area contributed by atoms with Crippen molar-refractivity contribution in [2.75, 3.05) is 37.7 Å². The first-order valence-corrected chi connectivity index (χ1v) is 14.3. The van der Waals surface area contributed by atoms with Crippen molar-refractivity contribution in [3.63, 3.8) is 0 Å². The number of hydrogen-bond donors (Lipinski definition) is 0. The van der Waals surface area contributed by atoms with E-state index in [9.17, 15) is 4.79 Å². The monoisotopic (exact) mass is 568 g/mol. The van der Waals surface area contributed by atoms with Crippen molar-refractivity contribution in [1.29, 1.82) is 0 Å². The summed E-state index contributed by atoms with van der Waals surface area (Å²) in [5.74, 6) is 2.11. The van der Waals surface area contributed by atoms with Crippen LogP contribution in [0.1, 0.15) is 39.8 Å². The van der Waals surface area contributed by atoms with Gasteiger partial charge in [-0.25, -0.2) is 24.7 Å². The van der Waals surface area contributed by atoms with Crippen LogP contribution in [-0.2, 0) is 16.5 Å². The third-order valence-corrected chi connectivity index (χ3v) is 7.44. The van der Waals surface area contributed by atoms with Gasteiger partial charge in [0, 0.05) is 44.6 Å². The van der Waals surface area contributed by atoms with Gasteiger partial charge in [-0.2, -0.15) is 0 Å². The molecule has 6 rings (SSSR count). The number of hydrogen-bond acceptors (Lipinski definition) is 9. The number of carbonyl (C=O) groups is 1. The van der Waals surface area contributed by atoms with Crippen LogP contribution in [0, 0.1) is 0 Å². The minimum absolute atomic E-state index is 0.115. The molecule has 1 saturated heterocycles. The van der Waals surface area contributed by atoms with E-state index in [4.69, 9.17) is 29.4 Å². The Balaban J connectivity index is 1.38. The summed E-state index contributed by atoms with van der Waals surface area (Å²) in [7, 11) is 1.97. The molecule has 4 aromatic rings. The van der Waals surface area contributed by atoms with Crippen LogP contribution in [-0.4, -0.2) is 85.0 Å². The largest absolute Gasteiger partial charge is 0.444 e. The van der Waals surface area contributed by atoms with Crippen molar-refractivity contribution >= 4 is 28.6 Å². The molecule has 11 heteroatoms. The summed E-state index contributed by atoms with van der Waals surface area (Å²) in [5.41, 5.74) is 4.51. The number of aromatic nitrogens is 6. The highest BCUT2D eigenvalue weighted by Gasteiger charge is 2.29. The van der Waals surface area contributed by atoms with Gasteiger partial charge in [0.2, 0.25) is 0 Å². The number of imidazole rings is 1. The van der Waals surface area contributed by atoms with E-state index in [-0.39, 0.29) is 12.1 Å². The Kier molecular flexibility index (Phi) is 7.36. The molecule has 0 N–H and O–H groups in total. The Morgan fingerprint density at radius 3 is 2.43 bits per heavy atom. The van der Waals surface area contributed by atoms with Crippen molar-refractivity contribution in [2.24, 2.45) is 7.05 Å². The first-order chi connectivity index (χ1) is 20.2. The molecular formula is C31H36N8O3. The molecule has 1 amide bonds. The predicted molar refractivity (Wildman–Crippen MR) is 161 cm³/mol. The van der Waals surface area contributed by atoms with Crippen molar-refractivity contribution in [2.45, 2.75) is 45.8 Å². The lowest BCUT2D eigenvalue weighted by Gasteiger charge is -2.34. The second-order valence-electron chi connectivity index (χ2n) is 11.6. The Bertz CT molecular complexity index is 1640. The molecule has 0 radical (unpaired) electrons. The van der Waals surface area contributed by atoms with Gasteiger partial charge in [-0.05, 0) is 64.0 Å². The maximum absolute atomic E-state index is 12.7. The Morgan fingerprint density at radius 1 is 0.976 bits per heavy atom. The summed E-state index contributed by atoms with van der Waals surface area (Å²) in [6.07, 6.45) is 5.99. The van der Waals surface area contributed by atoms with E-state index in [1.807, 2.05) is 69.6 Å². The van der Waals surface area contributed by atoms with Gasteiger partial charge >= 0.3 is 6.09 Å². The van der Waals surface area contributed by atoms with Gasteiger partial charge in [-0.15, -0.1) is 0 Å². The molecule has 1 fully saturated rings. The molecule has 1 unspecified atom stereocenters. The lowest BCUT2D eigenvalue weighted by atomic mass is 10.00. The fourth-order valence-electron chi connectivity index (χ4n) is 5.35. The maximum atomic E-state index is 12.7. The average Bonchev–Trinajstić information content (AvgIpc) is 3.32.